The number of fused-ring (bicyclic) bond motifs is 1. The van der Waals surface area contributed by atoms with Gasteiger partial charge in [0.05, 0.1) is 11.4 Å². The lowest BCUT2D eigenvalue weighted by Crippen LogP contribution is -2.17. The highest BCUT2D eigenvalue weighted by molar-refractivity contribution is 7.92. The second-order valence-corrected chi connectivity index (χ2v) is 7.40. The van der Waals surface area contributed by atoms with Crippen LogP contribution >= 0.6 is 0 Å². The second-order valence-electron chi connectivity index (χ2n) is 5.56. The summed E-state index contributed by atoms with van der Waals surface area (Å²) in [7, 11) is -3.64. The van der Waals surface area contributed by atoms with Crippen molar-refractivity contribution < 1.29 is 17.9 Å². The van der Waals surface area contributed by atoms with E-state index in [1.54, 1.807) is 6.92 Å². The van der Waals surface area contributed by atoms with Crippen LogP contribution < -0.4 is 4.72 Å². The molecule has 0 fully saturated rings. The maximum absolute atomic E-state index is 14.8. The lowest BCUT2D eigenvalue weighted by Gasteiger charge is -2.15. The van der Waals surface area contributed by atoms with Gasteiger partial charge in [0.1, 0.15) is 18.1 Å². The molecule has 3 aromatic rings. The summed E-state index contributed by atoms with van der Waals surface area (Å²) in [6, 6.07) is 4.20. The fourth-order valence-corrected chi connectivity index (χ4v) is 3.73. The van der Waals surface area contributed by atoms with E-state index in [2.05, 4.69) is 19.7 Å². The Morgan fingerprint density at radius 3 is 2.92 bits per heavy atom. The van der Waals surface area contributed by atoms with Gasteiger partial charge in [0.2, 0.25) is 10.0 Å². The fraction of sp³-hybridized carbons (Fsp3) is 0.250. The molecule has 0 aliphatic carbocycles. The molecule has 0 aliphatic heterocycles. The van der Waals surface area contributed by atoms with Gasteiger partial charge in [-0.2, -0.15) is 0 Å². The highest BCUT2D eigenvalue weighted by atomic mass is 32.2. The monoisotopic (exact) mass is 364 g/mol. The Hall–Kier alpha value is -2.52. The number of nitrogens with one attached hydrogen (secondary N) is 2. The number of H-pyrrole nitrogens is 1. The summed E-state index contributed by atoms with van der Waals surface area (Å²) in [5.74, 6) is -0.931. The number of halogens is 1. The molecule has 2 heterocycles. The standard InChI is InChI=1S/C16H17FN4O3S/c1-2-6-25(23,24)21-13-5-3-4-10(14(13)17)15(22)11-8-19-16-12(11)7-18-9-20-16/h3-5,7-9,15,21-22H,2,6H2,1H3,(H,18,19,20). The number of rotatable bonds is 6. The van der Waals surface area contributed by atoms with E-state index in [9.17, 15) is 17.9 Å². The quantitative estimate of drug-likeness (QED) is 0.622. The predicted octanol–water partition coefficient (Wildman–Crippen LogP) is 2.33. The number of benzene rings is 1. The van der Waals surface area contributed by atoms with Crippen LogP contribution in [0.1, 0.15) is 30.6 Å². The highest BCUT2D eigenvalue weighted by Gasteiger charge is 2.22. The van der Waals surface area contributed by atoms with Crippen molar-refractivity contribution in [2.75, 3.05) is 10.5 Å². The molecule has 0 bridgehead atoms. The first-order valence-electron chi connectivity index (χ1n) is 7.67. The van der Waals surface area contributed by atoms with Gasteiger partial charge in [-0.3, -0.25) is 4.72 Å². The van der Waals surface area contributed by atoms with Crippen LogP contribution in [0.4, 0.5) is 10.1 Å². The number of nitrogens with zero attached hydrogens (tertiary/aromatic N) is 2. The summed E-state index contributed by atoms with van der Waals surface area (Å²) in [6.45, 7) is 1.72. The van der Waals surface area contributed by atoms with Gasteiger partial charge in [-0.25, -0.2) is 22.8 Å². The van der Waals surface area contributed by atoms with Gasteiger partial charge in [-0.1, -0.05) is 19.1 Å². The molecule has 0 amide bonds. The molecular weight excluding hydrogens is 347 g/mol. The van der Waals surface area contributed by atoms with Crippen LogP contribution in [0.15, 0.2) is 36.9 Å². The first-order chi connectivity index (χ1) is 11.9. The average Bonchev–Trinajstić information content (AvgIpc) is 3.00. The largest absolute Gasteiger partial charge is 0.383 e. The summed E-state index contributed by atoms with van der Waals surface area (Å²) in [5.41, 5.74) is 0.690. The molecule has 25 heavy (non-hydrogen) atoms. The van der Waals surface area contributed by atoms with Gasteiger partial charge in [0, 0.05) is 28.9 Å². The topological polar surface area (TPSA) is 108 Å². The van der Waals surface area contributed by atoms with Crippen molar-refractivity contribution in [1.82, 2.24) is 15.0 Å². The SMILES string of the molecule is CCCS(=O)(=O)Nc1cccc(C(O)c2c[nH]c3ncncc23)c1F. The number of aromatic amines is 1. The van der Waals surface area contributed by atoms with Gasteiger partial charge in [0.25, 0.3) is 0 Å². The van der Waals surface area contributed by atoms with E-state index < -0.39 is 21.9 Å². The molecule has 3 rings (SSSR count). The van der Waals surface area contributed by atoms with Gasteiger partial charge < -0.3 is 10.1 Å². The predicted molar refractivity (Wildman–Crippen MR) is 92.1 cm³/mol. The maximum atomic E-state index is 14.8. The van der Waals surface area contributed by atoms with Crippen molar-refractivity contribution in [3.8, 4) is 0 Å². The van der Waals surface area contributed by atoms with E-state index in [4.69, 9.17) is 0 Å². The van der Waals surface area contributed by atoms with Crippen LogP contribution in [-0.2, 0) is 10.0 Å². The first-order valence-corrected chi connectivity index (χ1v) is 9.32. The van der Waals surface area contributed by atoms with Crippen molar-refractivity contribution in [2.24, 2.45) is 0 Å². The van der Waals surface area contributed by atoms with Gasteiger partial charge in [-0.15, -0.1) is 0 Å². The molecular formula is C16H17FN4O3S. The third-order valence-corrected chi connectivity index (χ3v) is 5.22. The summed E-state index contributed by atoms with van der Waals surface area (Å²) >= 11 is 0. The minimum atomic E-state index is -3.64. The van der Waals surface area contributed by atoms with Gasteiger partial charge >= 0.3 is 0 Å². The molecule has 3 N–H and O–H groups in total. The molecule has 0 saturated carbocycles. The molecule has 132 valence electrons. The molecule has 9 heteroatoms. The Labute approximate surface area is 144 Å². The number of anilines is 1. The van der Waals surface area contributed by atoms with Crippen LogP contribution in [0, 0.1) is 5.82 Å². The van der Waals surface area contributed by atoms with Crippen LogP contribution in [0.2, 0.25) is 0 Å². The van der Waals surface area contributed by atoms with Gasteiger partial charge in [0.15, 0.2) is 5.82 Å². The van der Waals surface area contributed by atoms with Gasteiger partial charge in [-0.05, 0) is 12.5 Å². The van der Waals surface area contributed by atoms with E-state index in [0.717, 1.165) is 0 Å². The smallest absolute Gasteiger partial charge is 0.232 e. The van der Waals surface area contributed by atoms with E-state index in [1.165, 1.54) is 36.9 Å². The fourth-order valence-electron chi connectivity index (χ4n) is 2.60. The van der Waals surface area contributed by atoms with E-state index in [1.807, 2.05) is 0 Å². The molecule has 0 aliphatic rings. The Bertz CT molecular complexity index is 1000. The number of aliphatic hydroxyl groups is 1. The summed E-state index contributed by atoms with van der Waals surface area (Å²) < 4.78 is 40.7. The minimum Gasteiger partial charge on any atom is -0.383 e. The number of hydrogen-bond acceptors (Lipinski definition) is 5. The van der Waals surface area contributed by atoms with Crippen molar-refractivity contribution >= 4 is 26.7 Å². The van der Waals surface area contributed by atoms with Crippen molar-refractivity contribution in [3.05, 3.63) is 53.9 Å². The summed E-state index contributed by atoms with van der Waals surface area (Å²) in [4.78, 5) is 10.8. The zero-order valence-electron chi connectivity index (χ0n) is 13.4. The number of sulfonamides is 1. The second kappa shape index (κ2) is 6.77. The Morgan fingerprint density at radius 2 is 2.16 bits per heavy atom. The van der Waals surface area contributed by atoms with Crippen molar-refractivity contribution in [3.63, 3.8) is 0 Å². The number of hydrogen-bond donors (Lipinski definition) is 3. The zero-order chi connectivity index (χ0) is 18.0. The summed E-state index contributed by atoms with van der Waals surface area (Å²) in [6.07, 6.45) is 3.52. The Kier molecular flexibility index (Phi) is 4.69. The maximum Gasteiger partial charge on any atom is 0.232 e. The minimum absolute atomic E-state index is 0.0403. The van der Waals surface area contributed by atoms with E-state index in [-0.39, 0.29) is 17.0 Å². The average molecular weight is 364 g/mol. The number of aromatic nitrogens is 3. The molecule has 1 atom stereocenters. The molecule has 2 aromatic heterocycles. The normalized spacial score (nSPS) is 13.1. The third kappa shape index (κ3) is 3.47. The molecule has 1 unspecified atom stereocenters. The molecule has 7 nitrogen and oxygen atoms in total. The first kappa shape index (κ1) is 17.3. The van der Waals surface area contributed by atoms with Crippen LogP contribution in [0.25, 0.3) is 11.0 Å². The lowest BCUT2D eigenvalue weighted by molar-refractivity contribution is 0.216. The third-order valence-electron chi connectivity index (χ3n) is 3.74. The van der Waals surface area contributed by atoms with Crippen LogP contribution in [0.5, 0.6) is 0 Å². The van der Waals surface area contributed by atoms with E-state index in [0.29, 0.717) is 23.0 Å². The molecule has 0 spiro atoms. The Balaban J connectivity index is 1.99. The van der Waals surface area contributed by atoms with Crippen LogP contribution in [0.3, 0.4) is 0 Å². The zero-order valence-corrected chi connectivity index (χ0v) is 14.2. The van der Waals surface area contributed by atoms with E-state index >= 15 is 0 Å². The van der Waals surface area contributed by atoms with Crippen molar-refractivity contribution in [2.45, 2.75) is 19.4 Å². The van der Waals surface area contributed by atoms with Crippen molar-refractivity contribution in [1.29, 1.82) is 0 Å². The highest BCUT2D eigenvalue weighted by Crippen LogP contribution is 2.31. The molecule has 0 radical (unpaired) electrons. The number of aliphatic hydroxyl groups excluding tert-OH is 1. The summed E-state index contributed by atoms with van der Waals surface area (Å²) in [5, 5.41) is 11.2. The van der Waals surface area contributed by atoms with Crippen LogP contribution in [-0.4, -0.2) is 34.2 Å². The molecule has 1 aromatic carbocycles. The molecule has 0 saturated heterocycles. The lowest BCUT2D eigenvalue weighted by atomic mass is 10.0. The Morgan fingerprint density at radius 1 is 1.36 bits per heavy atom.